The van der Waals surface area contributed by atoms with E-state index in [2.05, 4.69) is 4.98 Å². The molecule has 0 aliphatic carbocycles. The molecule has 35 heavy (non-hydrogen) atoms. The first-order chi connectivity index (χ1) is 16.9. The van der Waals surface area contributed by atoms with E-state index in [4.69, 9.17) is 30.9 Å². The quantitative estimate of drug-likeness (QED) is 0.470. The number of aromatic nitrogens is 1. The molecule has 2 atom stereocenters. The number of benzene rings is 2. The highest BCUT2D eigenvalue weighted by molar-refractivity contribution is 7.11. The first-order valence-corrected chi connectivity index (χ1v) is 12.2. The normalized spacial score (nSPS) is 17.6. The van der Waals surface area contributed by atoms with Gasteiger partial charge in [0.2, 0.25) is 0 Å². The van der Waals surface area contributed by atoms with Crippen molar-refractivity contribution in [2.45, 2.75) is 32.0 Å². The summed E-state index contributed by atoms with van der Waals surface area (Å²) in [6.07, 6.45) is 0.0588. The summed E-state index contributed by atoms with van der Waals surface area (Å²) < 4.78 is 17.7. The SMILES string of the molecule is CCN1C(=O)[C@@H](Cc2ncc(CC(=O)O)s2)O[C@H](c2cccc(OC)c2OC)c2cc(Cl)ccc21. The van der Waals surface area contributed by atoms with Crippen LogP contribution in [0.4, 0.5) is 5.69 Å². The maximum atomic E-state index is 13.7. The number of methoxy groups -OCH3 is 2. The minimum atomic E-state index is -0.934. The molecule has 0 unspecified atom stereocenters. The molecule has 1 aliphatic rings. The van der Waals surface area contributed by atoms with Crippen LogP contribution in [0.1, 0.15) is 34.0 Å². The fourth-order valence-electron chi connectivity index (χ4n) is 4.22. The van der Waals surface area contributed by atoms with E-state index < -0.39 is 18.2 Å². The Bertz CT molecular complexity index is 1250. The zero-order chi connectivity index (χ0) is 25.1. The fourth-order valence-corrected chi connectivity index (χ4v) is 5.35. The van der Waals surface area contributed by atoms with Crippen LogP contribution in [0, 0.1) is 0 Å². The summed E-state index contributed by atoms with van der Waals surface area (Å²) in [5.74, 6) is -0.109. The third-order valence-corrected chi connectivity index (χ3v) is 6.98. The molecule has 0 saturated heterocycles. The number of carboxylic acid groups (broad SMARTS) is 1. The van der Waals surface area contributed by atoms with Crippen LogP contribution in [-0.4, -0.2) is 48.8 Å². The van der Waals surface area contributed by atoms with Crippen molar-refractivity contribution in [3.63, 3.8) is 0 Å². The molecule has 3 aromatic rings. The minimum Gasteiger partial charge on any atom is -0.493 e. The second-order valence-corrected chi connectivity index (χ2v) is 9.50. The standard InChI is InChI=1S/C25H25ClN2O6S/c1-4-28-18-9-8-14(26)10-17(18)23(16-6-5-7-19(32-2)24(16)33-3)34-20(25(28)31)12-21-27-13-15(35-21)11-22(29)30/h5-10,13,20,23H,4,11-12H2,1-3H3,(H,29,30)/t20-,23-/m1/s1. The van der Waals surface area contributed by atoms with Crippen LogP contribution < -0.4 is 14.4 Å². The molecule has 1 amide bonds. The number of carbonyl (C=O) groups excluding carboxylic acids is 1. The Labute approximate surface area is 212 Å². The highest BCUT2D eigenvalue weighted by Gasteiger charge is 2.38. The lowest BCUT2D eigenvalue weighted by Crippen LogP contribution is -2.40. The maximum Gasteiger partial charge on any atom is 0.308 e. The van der Waals surface area contributed by atoms with Crippen molar-refractivity contribution in [2.24, 2.45) is 0 Å². The van der Waals surface area contributed by atoms with Crippen molar-refractivity contribution in [2.75, 3.05) is 25.7 Å². The van der Waals surface area contributed by atoms with Gasteiger partial charge in [-0.2, -0.15) is 0 Å². The number of para-hydroxylation sites is 1. The average molecular weight is 517 g/mol. The van der Waals surface area contributed by atoms with Crippen LogP contribution in [0.5, 0.6) is 11.5 Å². The number of nitrogens with zero attached hydrogens (tertiary/aromatic N) is 2. The molecule has 184 valence electrons. The van der Waals surface area contributed by atoms with E-state index in [1.165, 1.54) is 17.5 Å². The number of hydrogen-bond acceptors (Lipinski definition) is 7. The predicted molar refractivity (Wildman–Crippen MR) is 133 cm³/mol. The molecule has 8 nitrogen and oxygen atoms in total. The van der Waals surface area contributed by atoms with Gasteiger partial charge in [-0.05, 0) is 31.2 Å². The number of aliphatic carboxylic acids is 1. The number of amides is 1. The monoisotopic (exact) mass is 516 g/mol. The number of thiazole rings is 1. The molecule has 0 fully saturated rings. The summed E-state index contributed by atoms with van der Waals surface area (Å²) >= 11 is 7.64. The number of carboxylic acids is 1. The van der Waals surface area contributed by atoms with Crippen molar-refractivity contribution in [3.8, 4) is 11.5 Å². The number of halogens is 1. The van der Waals surface area contributed by atoms with Crippen molar-refractivity contribution in [3.05, 3.63) is 68.6 Å². The van der Waals surface area contributed by atoms with E-state index in [1.807, 2.05) is 25.1 Å². The second kappa shape index (κ2) is 10.6. The molecule has 1 N–H and O–H groups in total. The Morgan fingerprint density at radius 3 is 2.71 bits per heavy atom. The van der Waals surface area contributed by atoms with Gasteiger partial charge in [0.25, 0.3) is 5.91 Å². The van der Waals surface area contributed by atoms with Crippen LogP contribution in [0.15, 0.2) is 42.6 Å². The van der Waals surface area contributed by atoms with Gasteiger partial charge in [-0.1, -0.05) is 23.7 Å². The summed E-state index contributed by atoms with van der Waals surface area (Å²) in [5.41, 5.74) is 2.12. The molecule has 0 saturated carbocycles. The van der Waals surface area contributed by atoms with Gasteiger partial charge in [-0.3, -0.25) is 9.59 Å². The van der Waals surface area contributed by atoms with E-state index >= 15 is 0 Å². The second-order valence-electron chi connectivity index (χ2n) is 7.87. The number of ether oxygens (including phenoxy) is 3. The summed E-state index contributed by atoms with van der Waals surface area (Å²) in [5, 5.41) is 10.2. The van der Waals surface area contributed by atoms with Gasteiger partial charge in [0.15, 0.2) is 11.5 Å². The molecule has 4 rings (SSSR count). The van der Waals surface area contributed by atoms with Gasteiger partial charge >= 0.3 is 5.97 Å². The number of hydrogen-bond donors (Lipinski definition) is 1. The Balaban J connectivity index is 1.81. The van der Waals surface area contributed by atoms with Crippen molar-refractivity contribution in [1.29, 1.82) is 0 Å². The third-order valence-electron chi connectivity index (χ3n) is 5.72. The Morgan fingerprint density at radius 2 is 2.03 bits per heavy atom. The molecular formula is C25H25ClN2O6S. The van der Waals surface area contributed by atoms with E-state index in [0.717, 1.165) is 5.56 Å². The Kier molecular flexibility index (Phi) is 7.59. The van der Waals surface area contributed by atoms with Crippen molar-refractivity contribution in [1.82, 2.24) is 4.98 Å². The van der Waals surface area contributed by atoms with Gasteiger partial charge in [0, 0.05) is 45.9 Å². The van der Waals surface area contributed by atoms with E-state index in [1.54, 1.807) is 37.3 Å². The molecular weight excluding hydrogens is 492 g/mol. The van der Waals surface area contributed by atoms with Crippen LogP contribution in [0.2, 0.25) is 5.02 Å². The number of rotatable bonds is 8. The van der Waals surface area contributed by atoms with E-state index in [0.29, 0.717) is 44.2 Å². The van der Waals surface area contributed by atoms with Crippen LogP contribution >= 0.6 is 22.9 Å². The molecule has 0 radical (unpaired) electrons. The molecule has 0 bridgehead atoms. The van der Waals surface area contributed by atoms with Gasteiger partial charge in [-0.15, -0.1) is 11.3 Å². The minimum absolute atomic E-state index is 0.119. The number of fused-ring (bicyclic) bond motifs is 1. The van der Waals surface area contributed by atoms with Crippen molar-refractivity contribution < 1.29 is 28.9 Å². The first kappa shape index (κ1) is 25.0. The lowest BCUT2D eigenvalue weighted by molar-refractivity contribution is -0.136. The average Bonchev–Trinajstić information content (AvgIpc) is 3.23. The summed E-state index contributed by atoms with van der Waals surface area (Å²) in [7, 11) is 3.11. The fraction of sp³-hybridized carbons (Fsp3) is 0.320. The topological polar surface area (TPSA) is 98.2 Å². The molecule has 1 aromatic heterocycles. The molecule has 2 aromatic carbocycles. The molecule has 0 spiro atoms. The first-order valence-electron chi connectivity index (χ1n) is 11.0. The molecule has 2 heterocycles. The number of likely N-dealkylation sites (N-methyl/N-ethyl adjacent to an activating group) is 1. The molecule has 1 aliphatic heterocycles. The van der Waals surface area contributed by atoms with Crippen LogP contribution in [-0.2, 0) is 27.2 Å². The smallest absolute Gasteiger partial charge is 0.308 e. The summed E-state index contributed by atoms with van der Waals surface area (Å²) in [6, 6.07) is 10.9. The van der Waals surface area contributed by atoms with Crippen LogP contribution in [0.25, 0.3) is 0 Å². The van der Waals surface area contributed by atoms with Gasteiger partial charge < -0.3 is 24.2 Å². The van der Waals surface area contributed by atoms with Gasteiger partial charge in [0.1, 0.15) is 12.2 Å². The summed E-state index contributed by atoms with van der Waals surface area (Å²) in [6.45, 7) is 2.32. The lowest BCUT2D eigenvalue weighted by Gasteiger charge is -2.24. The lowest BCUT2D eigenvalue weighted by atomic mass is 9.98. The molecule has 10 heteroatoms. The van der Waals surface area contributed by atoms with E-state index in [9.17, 15) is 9.59 Å². The summed E-state index contributed by atoms with van der Waals surface area (Å²) in [4.78, 5) is 31.4. The van der Waals surface area contributed by atoms with Gasteiger partial charge in [0.05, 0.1) is 25.6 Å². The van der Waals surface area contributed by atoms with Gasteiger partial charge in [-0.25, -0.2) is 4.98 Å². The predicted octanol–water partition coefficient (Wildman–Crippen LogP) is 4.52. The Hall–Kier alpha value is -3.14. The zero-order valence-electron chi connectivity index (χ0n) is 19.5. The highest BCUT2D eigenvalue weighted by atomic mass is 35.5. The van der Waals surface area contributed by atoms with E-state index in [-0.39, 0.29) is 18.7 Å². The van der Waals surface area contributed by atoms with Crippen molar-refractivity contribution >= 4 is 40.5 Å². The Morgan fingerprint density at radius 1 is 1.23 bits per heavy atom. The zero-order valence-corrected chi connectivity index (χ0v) is 21.1. The van der Waals surface area contributed by atoms with Crippen LogP contribution in [0.3, 0.4) is 0 Å². The largest absolute Gasteiger partial charge is 0.493 e. The number of anilines is 1. The number of carbonyl (C=O) groups is 2. The maximum absolute atomic E-state index is 13.7. The highest BCUT2D eigenvalue weighted by Crippen LogP contribution is 2.45. The third kappa shape index (κ3) is 5.12.